The molecule has 0 aliphatic rings. The molecule has 0 amide bonds. The van der Waals surface area contributed by atoms with Gasteiger partial charge in [0.1, 0.15) is 0 Å². The van der Waals surface area contributed by atoms with Crippen molar-refractivity contribution in [3.8, 4) is 0 Å². The number of unbranched alkanes of at least 4 members (excludes halogenated alkanes) is 2. The molecule has 0 spiro atoms. The van der Waals surface area contributed by atoms with Crippen LogP contribution in [0.1, 0.15) is 33.1 Å². The van der Waals surface area contributed by atoms with E-state index in [0.29, 0.717) is 6.54 Å². The lowest BCUT2D eigenvalue weighted by Gasteiger charge is -2.22. The third-order valence-corrected chi connectivity index (χ3v) is 2.95. The Morgan fingerprint density at radius 3 is 2.47 bits per heavy atom. The fourth-order valence-corrected chi connectivity index (χ4v) is 1.79. The highest BCUT2D eigenvalue weighted by molar-refractivity contribution is 4.65. The monoisotopic (exact) mass is 246 g/mol. The van der Waals surface area contributed by atoms with Crippen molar-refractivity contribution in [2.45, 2.75) is 39.2 Å². The van der Waals surface area contributed by atoms with E-state index in [9.17, 15) is 5.11 Å². The van der Waals surface area contributed by atoms with E-state index in [2.05, 4.69) is 24.1 Å². The highest BCUT2D eigenvalue weighted by Crippen LogP contribution is 1.95. The summed E-state index contributed by atoms with van der Waals surface area (Å²) in [5.41, 5.74) is 0. The van der Waals surface area contributed by atoms with Gasteiger partial charge in [-0.15, -0.1) is 0 Å². The van der Waals surface area contributed by atoms with E-state index in [0.717, 1.165) is 45.6 Å². The number of rotatable bonds is 12. The zero-order chi connectivity index (χ0) is 12.9. The maximum absolute atomic E-state index is 9.80. The van der Waals surface area contributed by atoms with E-state index in [-0.39, 0.29) is 6.10 Å². The van der Waals surface area contributed by atoms with Crippen LogP contribution in [0.3, 0.4) is 0 Å². The second-order valence-corrected chi connectivity index (χ2v) is 4.40. The van der Waals surface area contributed by atoms with Gasteiger partial charge in [-0.05, 0) is 38.9 Å². The lowest BCUT2D eigenvalue weighted by molar-refractivity contribution is 0.117. The first-order valence-electron chi connectivity index (χ1n) is 6.84. The molecule has 0 aromatic heterocycles. The van der Waals surface area contributed by atoms with Crippen LogP contribution in [0.25, 0.3) is 0 Å². The minimum Gasteiger partial charge on any atom is -0.390 e. The SMILES string of the molecule is CCN(CC)CC(O)CNCCCCCOC. The first-order valence-corrected chi connectivity index (χ1v) is 6.84. The maximum Gasteiger partial charge on any atom is 0.0791 e. The van der Waals surface area contributed by atoms with Crippen LogP contribution in [0.5, 0.6) is 0 Å². The van der Waals surface area contributed by atoms with Crippen molar-refractivity contribution < 1.29 is 9.84 Å². The summed E-state index contributed by atoms with van der Waals surface area (Å²) in [6.07, 6.45) is 3.21. The predicted octanol–water partition coefficient (Wildman–Crippen LogP) is 1.10. The molecule has 0 fully saturated rings. The number of aliphatic hydroxyl groups is 1. The quantitative estimate of drug-likeness (QED) is 0.506. The van der Waals surface area contributed by atoms with Gasteiger partial charge in [0.05, 0.1) is 6.10 Å². The standard InChI is InChI=1S/C13H30N2O2/c1-4-15(5-2)12-13(16)11-14-9-7-6-8-10-17-3/h13-14,16H,4-12H2,1-3H3. The number of nitrogens with one attached hydrogen (secondary N) is 1. The molecule has 0 aromatic carbocycles. The van der Waals surface area contributed by atoms with Crippen LogP contribution in [0.15, 0.2) is 0 Å². The summed E-state index contributed by atoms with van der Waals surface area (Å²) in [4.78, 5) is 2.24. The van der Waals surface area contributed by atoms with E-state index in [1.54, 1.807) is 7.11 Å². The Kier molecular flexibility index (Phi) is 12.2. The molecule has 4 nitrogen and oxygen atoms in total. The highest BCUT2D eigenvalue weighted by atomic mass is 16.5. The van der Waals surface area contributed by atoms with Crippen LogP contribution < -0.4 is 5.32 Å². The first kappa shape index (κ1) is 16.8. The van der Waals surface area contributed by atoms with Gasteiger partial charge in [0, 0.05) is 26.8 Å². The molecule has 1 atom stereocenters. The van der Waals surface area contributed by atoms with Crippen LogP contribution in [0.2, 0.25) is 0 Å². The van der Waals surface area contributed by atoms with Crippen molar-refractivity contribution in [1.82, 2.24) is 10.2 Å². The van der Waals surface area contributed by atoms with Crippen molar-refractivity contribution in [1.29, 1.82) is 0 Å². The van der Waals surface area contributed by atoms with E-state index < -0.39 is 0 Å². The molecule has 0 heterocycles. The lowest BCUT2D eigenvalue weighted by atomic mass is 10.2. The Morgan fingerprint density at radius 2 is 1.88 bits per heavy atom. The van der Waals surface area contributed by atoms with Crippen molar-refractivity contribution in [2.24, 2.45) is 0 Å². The van der Waals surface area contributed by atoms with Gasteiger partial charge in [0.15, 0.2) is 0 Å². The van der Waals surface area contributed by atoms with Gasteiger partial charge < -0.3 is 20.1 Å². The van der Waals surface area contributed by atoms with Crippen molar-refractivity contribution in [3.05, 3.63) is 0 Å². The second-order valence-electron chi connectivity index (χ2n) is 4.40. The molecule has 0 aromatic rings. The van der Waals surface area contributed by atoms with Crippen LogP contribution in [-0.2, 0) is 4.74 Å². The summed E-state index contributed by atoms with van der Waals surface area (Å²) in [5.74, 6) is 0. The van der Waals surface area contributed by atoms with E-state index in [1.807, 2.05) is 0 Å². The summed E-state index contributed by atoms with van der Waals surface area (Å²) in [6.45, 7) is 9.56. The Labute approximate surface area is 106 Å². The average Bonchev–Trinajstić information content (AvgIpc) is 2.34. The third kappa shape index (κ3) is 10.7. The van der Waals surface area contributed by atoms with Crippen molar-refractivity contribution in [3.63, 3.8) is 0 Å². The maximum atomic E-state index is 9.80. The number of hydrogen-bond donors (Lipinski definition) is 2. The average molecular weight is 246 g/mol. The molecule has 0 rings (SSSR count). The van der Waals surface area contributed by atoms with Gasteiger partial charge in [-0.25, -0.2) is 0 Å². The number of nitrogens with zero attached hydrogens (tertiary/aromatic N) is 1. The van der Waals surface area contributed by atoms with Gasteiger partial charge in [0.2, 0.25) is 0 Å². The second kappa shape index (κ2) is 12.3. The van der Waals surface area contributed by atoms with Crippen molar-refractivity contribution in [2.75, 3.05) is 46.4 Å². The molecular formula is C13H30N2O2. The number of methoxy groups -OCH3 is 1. The van der Waals surface area contributed by atoms with Gasteiger partial charge in [-0.3, -0.25) is 0 Å². The lowest BCUT2D eigenvalue weighted by Crippen LogP contribution is -2.38. The summed E-state index contributed by atoms with van der Waals surface area (Å²) >= 11 is 0. The van der Waals surface area contributed by atoms with Crippen LogP contribution in [-0.4, -0.2) is 62.6 Å². The van der Waals surface area contributed by atoms with Crippen molar-refractivity contribution >= 4 is 0 Å². The first-order chi connectivity index (χ1) is 8.24. The molecule has 0 aliphatic carbocycles. The van der Waals surface area contributed by atoms with Crippen LogP contribution >= 0.6 is 0 Å². The summed E-state index contributed by atoms with van der Waals surface area (Å²) in [7, 11) is 1.74. The Balaban J connectivity index is 3.29. The molecule has 104 valence electrons. The fourth-order valence-electron chi connectivity index (χ4n) is 1.79. The topological polar surface area (TPSA) is 44.7 Å². The van der Waals surface area contributed by atoms with E-state index in [4.69, 9.17) is 4.74 Å². The number of hydrogen-bond acceptors (Lipinski definition) is 4. The summed E-state index contributed by atoms with van der Waals surface area (Å²) in [6, 6.07) is 0. The summed E-state index contributed by atoms with van der Waals surface area (Å²) in [5, 5.41) is 13.1. The molecule has 0 bridgehead atoms. The molecule has 1 unspecified atom stereocenters. The van der Waals surface area contributed by atoms with Gasteiger partial charge in [-0.2, -0.15) is 0 Å². The molecule has 2 N–H and O–H groups in total. The third-order valence-electron chi connectivity index (χ3n) is 2.95. The molecule has 0 saturated heterocycles. The number of likely N-dealkylation sites (N-methyl/N-ethyl adjacent to an activating group) is 1. The van der Waals surface area contributed by atoms with E-state index in [1.165, 1.54) is 6.42 Å². The Morgan fingerprint density at radius 1 is 1.18 bits per heavy atom. The Hall–Kier alpha value is -0.160. The molecule has 17 heavy (non-hydrogen) atoms. The largest absolute Gasteiger partial charge is 0.390 e. The van der Waals surface area contributed by atoms with Gasteiger partial charge >= 0.3 is 0 Å². The predicted molar refractivity (Wildman–Crippen MR) is 72.4 cm³/mol. The fraction of sp³-hybridized carbons (Fsp3) is 1.00. The smallest absolute Gasteiger partial charge is 0.0791 e. The zero-order valence-corrected chi connectivity index (χ0v) is 11.7. The molecule has 0 radical (unpaired) electrons. The molecule has 0 aliphatic heterocycles. The summed E-state index contributed by atoms with van der Waals surface area (Å²) < 4.78 is 4.99. The minimum absolute atomic E-state index is 0.256. The van der Waals surface area contributed by atoms with Crippen LogP contribution in [0.4, 0.5) is 0 Å². The minimum atomic E-state index is -0.256. The van der Waals surface area contributed by atoms with Gasteiger partial charge in [0.25, 0.3) is 0 Å². The zero-order valence-electron chi connectivity index (χ0n) is 11.7. The molecule has 4 heteroatoms. The highest BCUT2D eigenvalue weighted by Gasteiger charge is 2.07. The Bertz CT molecular complexity index is 152. The van der Waals surface area contributed by atoms with E-state index >= 15 is 0 Å². The van der Waals surface area contributed by atoms with Crippen LogP contribution in [0, 0.1) is 0 Å². The van der Waals surface area contributed by atoms with Gasteiger partial charge in [-0.1, -0.05) is 13.8 Å². The number of aliphatic hydroxyl groups excluding tert-OH is 1. The molecular weight excluding hydrogens is 216 g/mol. The molecule has 0 saturated carbocycles. The number of ether oxygens (including phenoxy) is 1. The normalized spacial score (nSPS) is 13.2.